The molecule has 1 rings (SSSR count). The first kappa shape index (κ1) is 13.9. The summed E-state index contributed by atoms with van der Waals surface area (Å²) in [5.74, 6) is -1.87. The van der Waals surface area contributed by atoms with E-state index in [-0.39, 0.29) is 25.1 Å². The number of hydrogen-bond acceptors (Lipinski definition) is 5. The van der Waals surface area contributed by atoms with Gasteiger partial charge in [0.1, 0.15) is 0 Å². The van der Waals surface area contributed by atoms with Crippen LogP contribution in [0.25, 0.3) is 0 Å². The zero-order valence-corrected chi connectivity index (χ0v) is 9.68. The molecule has 7 heteroatoms. The van der Waals surface area contributed by atoms with E-state index in [1.165, 1.54) is 6.92 Å². The van der Waals surface area contributed by atoms with Crippen LogP contribution in [0, 0.1) is 5.92 Å². The lowest BCUT2D eigenvalue weighted by atomic mass is 10.0. The highest BCUT2D eigenvalue weighted by Crippen LogP contribution is 2.13. The largest absolute Gasteiger partial charge is 0.481 e. The van der Waals surface area contributed by atoms with Gasteiger partial charge in [-0.05, 0) is 6.92 Å². The average Bonchev–Trinajstić information content (AvgIpc) is 2.59. The molecule has 3 unspecified atom stereocenters. The SMILES string of the molecule is CC(O)(CNC(=O)C1COCC1N)CC(=O)O. The molecule has 17 heavy (non-hydrogen) atoms. The minimum Gasteiger partial charge on any atom is -0.481 e. The van der Waals surface area contributed by atoms with Crippen molar-refractivity contribution in [2.75, 3.05) is 19.8 Å². The van der Waals surface area contributed by atoms with Gasteiger partial charge in [-0.15, -0.1) is 0 Å². The van der Waals surface area contributed by atoms with E-state index in [0.29, 0.717) is 6.61 Å². The number of amides is 1. The highest BCUT2D eigenvalue weighted by molar-refractivity contribution is 5.80. The maximum Gasteiger partial charge on any atom is 0.306 e. The van der Waals surface area contributed by atoms with E-state index in [9.17, 15) is 14.7 Å². The second-order valence-corrected chi connectivity index (χ2v) is 4.59. The number of carboxylic acid groups (broad SMARTS) is 1. The number of aliphatic hydroxyl groups is 1. The molecule has 0 radical (unpaired) electrons. The highest BCUT2D eigenvalue weighted by Gasteiger charge is 2.33. The summed E-state index contributed by atoms with van der Waals surface area (Å²) in [4.78, 5) is 22.1. The molecule has 1 saturated heterocycles. The molecule has 1 aliphatic rings. The molecule has 0 saturated carbocycles. The van der Waals surface area contributed by atoms with Crippen LogP contribution in [0.3, 0.4) is 0 Å². The number of hydrogen-bond donors (Lipinski definition) is 4. The fourth-order valence-corrected chi connectivity index (χ4v) is 1.64. The van der Waals surface area contributed by atoms with Crippen LogP contribution in [0.4, 0.5) is 0 Å². The molecule has 0 bridgehead atoms. The number of nitrogens with two attached hydrogens (primary N) is 1. The van der Waals surface area contributed by atoms with Gasteiger partial charge >= 0.3 is 5.97 Å². The Morgan fingerprint density at radius 3 is 2.65 bits per heavy atom. The van der Waals surface area contributed by atoms with Crippen molar-refractivity contribution in [1.82, 2.24) is 5.32 Å². The van der Waals surface area contributed by atoms with Crippen LogP contribution in [-0.4, -0.2) is 53.5 Å². The van der Waals surface area contributed by atoms with Gasteiger partial charge in [0.05, 0.1) is 31.2 Å². The van der Waals surface area contributed by atoms with Crippen LogP contribution in [0.15, 0.2) is 0 Å². The summed E-state index contributed by atoms with van der Waals surface area (Å²) < 4.78 is 5.04. The molecular weight excluding hydrogens is 228 g/mol. The summed E-state index contributed by atoms with van der Waals surface area (Å²) in [5, 5.41) is 20.7. The zero-order chi connectivity index (χ0) is 13.1. The Morgan fingerprint density at radius 1 is 1.53 bits per heavy atom. The van der Waals surface area contributed by atoms with Crippen LogP contribution in [-0.2, 0) is 14.3 Å². The van der Waals surface area contributed by atoms with Crippen molar-refractivity contribution in [3.05, 3.63) is 0 Å². The van der Waals surface area contributed by atoms with E-state index in [1.54, 1.807) is 0 Å². The lowest BCUT2D eigenvalue weighted by molar-refractivity contribution is -0.142. The van der Waals surface area contributed by atoms with Gasteiger partial charge < -0.3 is 26.0 Å². The van der Waals surface area contributed by atoms with E-state index >= 15 is 0 Å². The molecule has 5 N–H and O–H groups in total. The zero-order valence-electron chi connectivity index (χ0n) is 9.68. The Bertz CT molecular complexity index is 305. The van der Waals surface area contributed by atoms with Crippen LogP contribution >= 0.6 is 0 Å². The van der Waals surface area contributed by atoms with E-state index in [0.717, 1.165) is 0 Å². The Balaban J connectivity index is 2.39. The first-order valence-electron chi connectivity index (χ1n) is 5.37. The molecular formula is C10H18N2O5. The second kappa shape index (κ2) is 5.44. The van der Waals surface area contributed by atoms with Gasteiger partial charge in [0.25, 0.3) is 0 Å². The Kier molecular flexibility index (Phi) is 4.44. The summed E-state index contributed by atoms with van der Waals surface area (Å²) in [5.41, 5.74) is 4.19. The van der Waals surface area contributed by atoms with Gasteiger partial charge in [0, 0.05) is 12.6 Å². The number of nitrogens with one attached hydrogen (secondary N) is 1. The average molecular weight is 246 g/mol. The topological polar surface area (TPSA) is 122 Å². The Labute approximate surface area is 98.9 Å². The minimum atomic E-state index is -1.47. The molecule has 0 spiro atoms. The molecule has 98 valence electrons. The normalized spacial score (nSPS) is 27.5. The van der Waals surface area contributed by atoms with Crippen molar-refractivity contribution in [1.29, 1.82) is 0 Å². The first-order chi connectivity index (χ1) is 7.82. The van der Waals surface area contributed by atoms with Crippen molar-refractivity contribution in [2.24, 2.45) is 11.7 Å². The predicted octanol–water partition coefficient (Wildman–Crippen LogP) is -1.70. The van der Waals surface area contributed by atoms with Gasteiger partial charge in [-0.25, -0.2) is 0 Å². The van der Waals surface area contributed by atoms with Gasteiger partial charge in [-0.1, -0.05) is 0 Å². The van der Waals surface area contributed by atoms with E-state index in [2.05, 4.69) is 5.32 Å². The van der Waals surface area contributed by atoms with Crippen LogP contribution < -0.4 is 11.1 Å². The van der Waals surface area contributed by atoms with Crippen LogP contribution in [0.1, 0.15) is 13.3 Å². The van der Waals surface area contributed by atoms with Crippen LogP contribution in [0.2, 0.25) is 0 Å². The lowest BCUT2D eigenvalue weighted by Crippen LogP contribution is -2.47. The van der Waals surface area contributed by atoms with Gasteiger partial charge in [-0.2, -0.15) is 0 Å². The monoisotopic (exact) mass is 246 g/mol. The van der Waals surface area contributed by atoms with Crippen molar-refractivity contribution in [2.45, 2.75) is 25.0 Å². The van der Waals surface area contributed by atoms with E-state index in [4.69, 9.17) is 15.6 Å². The highest BCUT2D eigenvalue weighted by atomic mass is 16.5. The third-order valence-electron chi connectivity index (χ3n) is 2.64. The quantitative estimate of drug-likeness (QED) is 0.459. The molecule has 0 aromatic rings. The van der Waals surface area contributed by atoms with Gasteiger partial charge in [0.2, 0.25) is 5.91 Å². The number of aliphatic carboxylic acids is 1. The summed E-state index contributed by atoms with van der Waals surface area (Å²) >= 11 is 0. The fraction of sp³-hybridized carbons (Fsp3) is 0.800. The molecule has 1 aliphatic heterocycles. The van der Waals surface area contributed by atoms with E-state index < -0.39 is 23.9 Å². The number of carboxylic acids is 1. The van der Waals surface area contributed by atoms with Gasteiger partial charge in [0.15, 0.2) is 0 Å². The maximum atomic E-state index is 11.7. The number of carbonyl (C=O) groups is 2. The molecule has 1 heterocycles. The van der Waals surface area contributed by atoms with Crippen molar-refractivity contribution in [3.63, 3.8) is 0 Å². The Hall–Kier alpha value is -1.18. The van der Waals surface area contributed by atoms with Crippen molar-refractivity contribution >= 4 is 11.9 Å². The van der Waals surface area contributed by atoms with Crippen LogP contribution in [0.5, 0.6) is 0 Å². The summed E-state index contributed by atoms with van der Waals surface area (Å²) in [6.07, 6.45) is -0.430. The molecule has 0 aromatic carbocycles. The summed E-state index contributed by atoms with van der Waals surface area (Å²) in [6, 6.07) is -0.348. The molecule has 7 nitrogen and oxygen atoms in total. The first-order valence-corrected chi connectivity index (χ1v) is 5.37. The van der Waals surface area contributed by atoms with Crippen molar-refractivity contribution < 1.29 is 24.5 Å². The number of carbonyl (C=O) groups excluding carboxylic acids is 1. The molecule has 0 aromatic heterocycles. The van der Waals surface area contributed by atoms with Crippen molar-refractivity contribution in [3.8, 4) is 0 Å². The number of rotatable bonds is 5. The molecule has 1 amide bonds. The standard InChI is InChI=1S/C10H18N2O5/c1-10(16,2-8(13)14)5-12-9(15)6-3-17-4-7(6)11/h6-7,16H,2-5,11H2,1H3,(H,12,15)(H,13,14). The lowest BCUT2D eigenvalue weighted by Gasteiger charge is -2.23. The smallest absolute Gasteiger partial charge is 0.306 e. The third kappa shape index (κ3) is 4.29. The minimum absolute atomic E-state index is 0.124. The summed E-state index contributed by atoms with van der Waals surface area (Å²) in [7, 11) is 0. The van der Waals surface area contributed by atoms with E-state index in [1.807, 2.05) is 0 Å². The molecule has 0 aliphatic carbocycles. The molecule has 1 fully saturated rings. The van der Waals surface area contributed by atoms with Gasteiger partial charge in [-0.3, -0.25) is 9.59 Å². The third-order valence-corrected chi connectivity index (χ3v) is 2.64. The molecule has 3 atom stereocenters. The summed E-state index contributed by atoms with van der Waals surface area (Å²) in [6.45, 7) is 1.82. The maximum absolute atomic E-state index is 11.7. The Morgan fingerprint density at radius 2 is 2.18 bits per heavy atom. The fourth-order valence-electron chi connectivity index (χ4n) is 1.64. The number of ether oxygens (including phenoxy) is 1. The predicted molar refractivity (Wildman–Crippen MR) is 58.2 cm³/mol. The second-order valence-electron chi connectivity index (χ2n) is 4.59.